The number of amides is 1. The standard InChI is InChI=1S/C15H20N4OS/c1-9-2-4-11(14(16)21)15(17-9)19-7-6-12-10(8-19)3-5-13(20)18-12/h2,4,10,12H,3,5-8H2,1H3,(H2,16,21)(H,18,20). The number of hydrogen-bond donors (Lipinski definition) is 2. The van der Waals surface area contributed by atoms with Gasteiger partial charge in [0.05, 0.1) is 5.56 Å². The molecule has 1 amide bonds. The molecule has 3 rings (SSSR count). The predicted molar refractivity (Wildman–Crippen MR) is 86.3 cm³/mol. The first-order chi connectivity index (χ1) is 10.0. The van der Waals surface area contributed by atoms with Crippen molar-refractivity contribution in [3.05, 3.63) is 23.4 Å². The lowest BCUT2D eigenvalue weighted by molar-refractivity contribution is -0.124. The zero-order valence-electron chi connectivity index (χ0n) is 12.1. The van der Waals surface area contributed by atoms with E-state index in [4.69, 9.17) is 18.0 Å². The fraction of sp³-hybridized carbons (Fsp3) is 0.533. The van der Waals surface area contributed by atoms with Crippen molar-refractivity contribution >= 4 is 28.9 Å². The maximum atomic E-state index is 11.5. The van der Waals surface area contributed by atoms with E-state index in [-0.39, 0.29) is 5.91 Å². The summed E-state index contributed by atoms with van der Waals surface area (Å²) in [6.07, 6.45) is 2.52. The Hall–Kier alpha value is -1.69. The van der Waals surface area contributed by atoms with Crippen LogP contribution in [0.1, 0.15) is 30.5 Å². The van der Waals surface area contributed by atoms with E-state index < -0.39 is 0 Å². The smallest absolute Gasteiger partial charge is 0.220 e. The van der Waals surface area contributed by atoms with Crippen LogP contribution in [0.3, 0.4) is 0 Å². The van der Waals surface area contributed by atoms with Gasteiger partial charge in [0, 0.05) is 31.2 Å². The summed E-state index contributed by atoms with van der Waals surface area (Å²) in [5, 5.41) is 3.10. The van der Waals surface area contributed by atoms with Crippen molar-refractivity contribution in [2.75, 3.05) is 18.0 Å². The highest BCUT2D eigenvalue weighted by Crippen LogP contribution is 2.29. The summed E-state index contributed by atoms with van der Waals surface area (Å²) in [5.41, 5.74) is 7.63. The topological polar surface area (TPSA) is 71.2 Å². The summed E-state index contributed by atoms with van der Waals surface area (Å²) in [4.78, 5) is 18.8. The van der Waals surface area contributed by atoms with Gasteiger partial charge in [0.2, 0.25) is 5.91 Å². The molecule has 2 atom stereocenters. The van der Waals surface area contributed by atoms with Crippen LogP contribution >= 0.6 is 12.2 Å². The maximum absolute atomic E-state index is 11.5. The molecule has 0 spiro atoms. The Bertz CT molecular complexity index is 589. The van der Waals surface area contributed by atoms with Crippen LogP contribution in [0.5, 0.6) is 0 Å². The fourth-order valence-corrected chi connectivity index (χ4v) is 3.44. The SMILES string of the molecule is Cc1ccc(C(N)=S)c(N2CCC3NC(=O)CCC3C2)n1. The minimum atomic E-state index is 0.183. The third kappa shape index (κ3) is 2.85. The van der Waals surface area contributed by atoms with Gasteiger partial charge in [0.25, 0.3) is 0 Å². The molecule has 0 saturated carbocycles. The van der Waals surface area contributed by atoms with Gasteiger partial charge in [-0.3, -0.25) is 4.79 Å². The van der Waals surface area contributed by atoms with Gasteiger partial charge < -0.3 is 16.0 Å². The molecular formula is C15H20N4OS. The lowest BCUT2D eigenvalue weighted by atomic mass is 9.85. The van der Waals surface area contributed by atoms with Crippen molar-refractivity contribution in [1.82, 2.24) is 10.3 Å². The largest absolute Gasteiger partial charge is 0.389 e. The van der Waals surface area contributed by atoms with Gasteiger partial charge in [-0.2, -0.15) is 0 Å². The first-order valence-electron chi connectivity index (χ1n) is 7.36. The van der Waals surface area contributed by atoms with Crippen molar-refractivity contribution < 1.29 is 4.79 Å². The fourth-order valence-electron chi connectivity index (χ4n) is 3.28. The van der Waals surface area contributed by atoms with E-state index in [1.807, 2.05) is 19.1 Å². The summed E-state index contributed by atoms with van der Waals surface area (Å²) in [6, 6.07) is 4.20. The second-order valence-electron chi connectivity index (χ2n) is 5.90. The lowest BCUT2D eigenvalue weighted by Crippen LogP contribution is -2.54. The molecule has 6 heteroatoms. The molecule has 2 aliphatic rings. The van der Waals surface area contributed by atoms with E-state index in [0.717, 1.165) is 43.0 Å². The summed E-state index contributed by atoms with van der Waals surface area (Å²) in [7, 11) is 0. The molecule has 2 fully saturated rings. The van der Waals surface area contributed by atoms with Gasteiger partial charge in [-0.1, -0.05) is 12.2 Å². The average molecular weight is 304 g/mol. The molecule has 21 heavy (non-hydrogen) atoms. The van der Waals surface area contributed by atoms with Gasteiger partial charge >= 0.3 is 0 Å². The van der Waals surface area contributed by atoms with Crippen LogP contribution in [-0.2, 0) is 4.79 Å². The molecule has 0 aliphatic carbocycles. The summed E-state index contributed by atoms with van der Waals surface area (Å²) in [5.74, 6) is 1.55. The van der Waals surface area contributed by atoms with Crippen LogP contribution in [0.15, 0.2) is 12.1 Å². The van der Waals surface area contributed by atoms with Gasteiger partial charge in [-0.05, 0) is 37.8 Å². The molecule has 3 heterocycles. The Kier molecular flexibility index (Phi) is 3.80. The Labute approximate surface area is 129 Å². The summed E-state index contributed by atoms with van der Waals surface area (Å²) < 4.78 is 0. The molecule has 1 aromatic rings. The van der Waals surface area contributed by atoms with Crippen molar-refractivity contribution in [3.63, 3.8) is 0 Å². The van der Waals surface area contributed by atoms with Crippen molar-refractivity contribution in [1.29, 1.82) is 0 Å². The zero-order valence-corrected chi connectivity index (χ0v) is 12.9. The predicted octanol–water partition coefficient (Wildman–Crippen LogP) is 1.13. The number of nitrogens with two attached hydrogens (primary N) is 1. The van der Waals surface area contributed by atoms with Crippen LogP contribution in [-0.4, -0.2) is 35.0 Å². The average Bonchev–Trinajstić information content (AvgIpc) is 2.46. The molecular weight excluding hydrogens is 284 g/mol. The second-order valence-corrected chi connectivity index (χ2v) is 6.34. The molecule has 2 aliphatic heterocycles. The van der Waals surface area contributed by atoms with E-state index in [1.165, 1.54) is 0 Å². The number of thiocarbonyl (C=S) groups is 1. The number of aromatic nitrogens is 1. The van der Waals surface area contributed by atoms with Gasteiger partial charge in [-0.25, -0.2) is 4.98 Å². The van der Waals surface area contributed by atoms with Crippen LogP contribution < -0.4 is 16.0 Å². The maximum Gasteiger partial charge on any atom is 0.220 e. The molecule has 0 aromatic carbocycles. The summed E-state index contributed by atoms with van der Waals surface area (Å²) in [6.45, 7) is 3.74. The number of hydrogen-bond acceptors (Lipinski definition) is 4. The Morgan fingerprint density at radius 1 is 1.48 bits per heavy atom. The number of rotatable bonds is 2. The highest BCUT2D eigenvalue weighted by Gasteiger charge is 2.34. The monoisotopic (exact) mass is 304 g/mol. The molecule has 0 bridgehead atoms. The first-order valence-corrected chi connectivity index (χ1v) is 7.77. The second kappa shape index (κ2) is 5.60. The Morgan fingerprint density at radius 3 is 3.05 bits per heavy atom. The van der Waals surface area contributed by atoms with E-state index in [0.29, 0.717) is 23.4 Å². The van der Waals surface area contributed by atoms with E-state index in [9.17, 15) is 4.79 Å². The molecule has 112 valence electrons. The molecule has 1 aromatic heterocycles. The Morgan fingerprint density at radius 2 is 2.29 bits per heavy atom. The number of pyridine rings is 1. The number of aryl methyl sites for hydroxylation is 1. The van der Waals surface area contributed by atoms with Crippen LogP contribution in [0.4, 0.5) is 5.82 Å². The van der Waals surface area contributed by atoms with Crippen LogP contribution in [0.25, 0.3) is 0 Å². The normalized spacial score (nSPS) is 25.2. The number of carbonyl (C=O) groups is 1. The number of anilines is 1. The molecule has 0 radical (unpaired) electrons. The Balaban J connectivity index is 1.84. The lowest BCUT2D eigenvalue weighted by Gasteiger charge is -2.42. The molecule has 5 nitrogen and oxygen atoms in total. The number of piperidine rings is 2. The third-order valence-corrected chi connectivity index (χ3v) is 4.62. The van der Waals surface area contributed by atoms with Crippen molar-refractivity contribution in [3.8, 4) is 0 Å². The zero-order chi connectivity index (χ0) is 15.0. The van der Waals surface area contributed by atoms with Gasteiger partial charge in [0.1, 0.15) is 10.8 Å². The van der Waals surface area contributed by atoms with Crippen molar-refractivity contribution in [2.24, 2.45) is 11.7 Å². The minimum absolute atomic E-state index is 0.183. The van der Waals surface area contributed by atoms with Crippen molar-refractivity contribution in [2.45, 2.75) is 32.2 Å². The van der Waals surface area contributed by atoms with Crippen LogP contribution in [0.2, 0.25) is 0 Å². The third-order valence-electron chi connectivity index (χ3n) is 4.40. The number of nitrogens with one attached hydrogen (secondary N) is 1. The van der Waals surface area contributed by atoms with Gasteiger partial charge in [-0.15, -0.1) is 0 Å². The highest BCUT2D eigenvalue weighted by molar-refractivity contribution is 7.80. The van der Waals surface area contributed by atoms with Crippen LogP contribution in [0, 0.1) is 12.8 Å². The number of nitrogens with zero attached hydrogens (tertiary/aromatic N) is 2. The minimum Gasteiger partial charge on any atom is -0.389 e. The molecule has 3 N–H and O–H groups in total. The van der Waals surface area contributed by atoms with E-state index >= 15 is 0 Å². The first kappa shape index (κ1) is 14.3. The highest BCUT2D eigenvalue weighted by atomic mass is 32.1. The van der Waals surface area contributed by atoms with E-state index in [2.05, 4.69) is 15.2 Å². The summed E-state index contributed by atoms with van der Waals surface area (Å²) >= 11 is 5.15. The molecule has 2 unspecified atom stereocenters. The number of fused-ring (bicyclic) bond motifs is 1. The van der Waals surface area contributed by atoms with Gasteiger partial charge in [0.15, 0.2) is 0 Å². The van der Waals surface area contributed by atoms with E-state index in [1.54, 1.807) is 0 Å². The molecule has 2 saturated heterocycles. The quantitative estimate of drug-likeness (QED) is 0.802. The number of carbonyl (C=O) groups excluding carboxylic acids is 1.